The maximum atomic E-state index is 12.0. The minimum Gasteiger partial charge on any atom is -0.322 e. The van der Waals surface area contributed by atoms with Crippen LogP contribution in [0.15, 0.2) is 54.6 Å². The first-order chi connectivity index (χ1) is 11.6. The molecular formula is C18H23NO4P+. The maximum Gasteiger partial charge on any atom is 0.695 e. The van der Waals surface area contributed by atoms with E-state index >= 15 is 0 Å². The molecule has 1 unspecified atom stereocenters. The SMILES string of the molecule is CCCC.O=C(Nc1ccccc1)c1ccc(CO[P+](=O)O)cc1. The molecule has 1 atom stereocenters. The number of benzene rings is 2. The lowest BCUT2D eigenvalue weighted by atomic mass is 10.1. The summed E-state index contributed by atoms with van der Waals surface area (Å²) in [4.78, 5) is 20.5. The molecule has 0 saturated heterocycles. The minimum absolute atomic E-state index is 0.0340. The summed E-state index contributed by atoms with van der Waals surface area (Å²) in [5, 5.41) is 2.77. The molecule has 0 fully saturated rings. The van der Waals surface area contributed by atoms with E-state index in [0.717, 1.165) is 11.3 Å². The zero-order valence-electron chi connectivity index (χ0n) is 13.9. The van der Waals surface area contributed by atoms with Gasteiger partial charge in [0.15, 0.2) is 0 Å². The van der Waals surface area contributed by atoms with E-state index in [1.165, 1.54) is 12.8 Å². The van der Waals surface area contributed by atoms with Crippen molar-refractivity contribution in [1.82, 2.24) is 0 Å². The molecule has 2 aromatic rings. The van der Waals surface area contributed by atoms with Crippen LogP contribution >= 0.6 is 8.25 Å². The number of unbranched alkanes of at least 4 members (excludes halogenated alkanes) is 1. The number of rotatable bonds is 6. The highest BCUT2D eigenvalue weighted by atomic mass is 31.1. The van der Waals surface area contributed by atoms with Gasteiger partial charge in [0.2, 0.25) is 0 Å². The molecule has 0 spiro atoms. The summed E-state index contributed by atoms with van der Waals surface area (Å²) < 4.78 is 15.0. The van der Waals surface area contributed by atoms with E-state index in [4.69, 9.17) is 4.89 Å². The van der Waals surface area contributed by atoms with Gasteiger partial charge in [0.1, 0.15) is 6.61 Å². The van der Waals surface area contributed by atoms with Crippen LogP contribution in [0.25, 0.3) is 0 Å². The van der Waals surface area contributed by atoms with Crippen LogP contribution < -0.4 is 5.32 Å². The molecule has 5 nitrogen and oxygen atoms in total. The lowest BCUT2D eigenvalue weighted by Gasteiger charge is -2.05. The smallest absolute Gasteiger partial charge is 0.322 e. The number of amides is 1. The van der Waals surface area contributed by atoms with Gasteiger partial charge in [0.25, 0.3) is 5.91 Å². The molecule has 2 aromatic carbocycles. The summed E-state index contributed by atoms with van der Waals surface area (Å²) in [7, 11) is -2.61. The molecule has 0 saturated carbocycles. The van der Waals surface area contributed by atoms with Crippen molar-refractivity contribution in [3.05, 3.63) is 65.7 Å². The van der Waals surface area contributed by atoms with Crippen LogP contribution in [0.4, 0.5) is 5.69 Å². The normalized spacial score (nSPS) is 10.4. The van der Waals surface area contributed by atoms with E-state index in [-0.39, 0.29) is 12.5 Å². The molecule has 0 bridgehead atoms. The van der Waals surface area contributed by atoms with Gasteiger partial charge in [-0.15, -0.1) is 9.42 Å². The summed E-state index contributed by atoms with van der Waals surface area (Å²) in [6, 6.07) is 15.8. The van der Waals surface area contributed by atoms with Gasteiger partial charge in [0.05, 0.1) is 0 Å². The fraction of sp³-hybridized carbons (Fsp3) is 0.278. The molecule has 0 radical (unpaired) electrons. The van der Waals surface area contributed by atoms with Crippen molar-refractivity contribution in [3.8, 4) is 0 Å². The fourth-order valence-corrected chi connectivity index (χ4v) is 1.87. The molecule has 0 aliphatic rings. The highest BCUT2D eigenvalue weighted by Crippen LogP contribution is 2.18. The Morgan fingerprint density at radius 2 is 1.62 bits per heavy atom. The van der Waals surface area contributed by atoms with E-state index < -0.39 is 8.25 Å². The van der Waals surface area contributed by atoms with Crippen LogP contribution in [-0.4, -0.2) is 10.8 Å². The zero-order valence-corrected chi connectivity index (χ0v) is 14.8. The number of nitrogens with one attached hydrogen (secondary N) is 1. The number of carbonyl (C=O) groups excluding carboxylic acids is 1. The van der Waals surface area contributed by atoms with Crippen molar-refractivity contribution in [1.29, 1.82) is 0 Å². The van der Waals surface area contributed by atoms with Crippen molar-refractivity contribution in [3.63, 3.8) is 0 Å². The summed E-state index contributed by atoms with van der Waals surface area (Å²) >= 11 is 0. The Morgan fingerprint density at radius 3 is 2.12 bits per heavy atom. The van der Waals surface area contributed by atoms with Crippen LogP contribution in [0.5, 0.6) is 0 Å². The second-order valence-electron chi connectivity index (χ2n) is 5.03. The van der Waals surface area contributed by atoms with Crippen LogP contribution in [0.1, 0.15) is 42.6 Å². The Labute approximate surface area is 143 Å². The maximum absolute atomic E-state index is 12.0. The largest absolute Gasteiger partial charge is 0.695 e. The van der Waals surface area contributed by atoms with Crippen LogP contribution in [0.3, 0.4) is 0 Å². The monoisotopic (exact) mass is 348 g/mol. The Kier molecular flexibility index (Phi) is 9.54. The summed E-state index contributed by atoms with van der Waals surface area (Å²) in [6.45, 7) is 4.40. The van der Waals surface area contributed by atoms with Gasteiger partial charge in [-0.2, -0.15) is 0 Å². The first-order valence-corrected chi connectivity index (χ1v) is 8.94. The van der Waals surface area contributed by atoms with Crippen molar-refractivity contribution >= 4 is 19.8 Å². The number of para-hydroxylation sites is 1. The van der Waals surface area contributed by atoms with E-state index in [1.54, 1.807) is 36.4 Å². The van der Waals surface area contributed by atoms with Gasteiger partial charge >= 0.3 is 8.25 Å². The summed E-state index contributed by atoms with van der Waals surface area (Å²) in [6.07, 6.45) is 2.64. The first kappa shape index (κ1) is 20.0. The third-order valence-electron chi connectivity index (χ3n) is 3.09. The van der Waals surface area contributed by atoms with Gasteiger partial charge in [-0.05, 0) is 29.8 Å². The molecule has 0 aliphatic heterocycles. The molecule has 0 aliphatic carbocycles. The van der Waals surface area contributed by atoms with Gasteiger partial charge in [-0.3, -0.25) is 4.79 Å². The summed E-state index contributed by atoms with van der Waals surface area (Å²) in [5.41, 5.74) is 1.95. The quantitative estimate of drug-likeness (QED) is 0.727. The molecule has 2 rings (SSSR count). The third-order valence-corrected chi connectivity index (χ3v) is 3.44. The molecule has 128 valence electrons. The number of hydrogen-bond acceptors (Lipinski definition) is 3. The predicted molar refractivity (Wildman–Crippen MR) is 96.0 cm³/mol. The highest BCUT2D eigenvalue weighted by Gasteiger charge is 2.12. The number of carbonyl (C=O) groups is 1. The number of anilines is 1. The van der Waals surface area contributed by atoms with Crippen LogP contribution in [0, 0.1) is 0 Å². The Bertz CT molecular complexity index is 627. The molecular weight excluding hydrogens is 325 g/mol. The summed E-state index contributed by atoms with van der Waals surface area (Å²) in [5.74, 6) is -0.211. The first-order valence-electron chi connectivity index (χ1n) is 7.81. The Morgan fingerprint density at radius 1 is 1.04 bits per heavy atom. The second kappa shape index (κ2) is 11.5. The van der Waals surface area contributed by atoms with Crippen molar-refractivity contribution in [2.45, 2.75) is 33.3 Å². The molecule has 1 amide bonds. The number of hydrogen-bond donors (Lipinski definition) is 2. The van der Waals surface area contributed by atoms with Crippen molar-refractivity contribution in [2.75, 3.05) is 5.32 Å². The van der Waals surface area contributed by atoms with Gasteiger partial charge < -0.3 is 5.32 Å². The topological polar surface area (TPSA) is 75.6 Å². The Hall–Kier alpha value is -2.07. The Balaban J connectivity index is 0.000000648. The fourth-order valence-electron chi connectivity index (χ4n) is 1.61. The van der Waals surface area contributed by atoms with E-state index in [9.17, 15) is 9.36 Å². The molecule has 24 heavy (non-hydrogen) atoms. The van der Waals surface area contributed by atoms with Gasteiger partial charge in [-0.25, -0.2) is 0 Å². The molecule has 0 heterocycles. The van der Waals surface area contributed by atoms with Crippen molar-refractivity contribution in [2.24, 2.45) is 0 Å². The van der Waals surface area contributed by atoms with Crippen molar-refractivity contribution < 1.29 is 18.8 Å². The van der Waals surface area contributed by atoms with E-state index in [2.05, 4.69) is 23.7 Å². The van der Waals surface area contributed by atoms with Crippen LogP contribution in [0.2, 0.25) is 0 Å². The van der Waals surface area contributed by atoms with Gasteiger partial charge in [0, 0.05) is 15.8 Å². The molecule has 2 N–H and O–H groups in total. The molecule has 6 heteroatoms. The standard InChI is InChI=1S/C14H12NO4P.C4H10/c16-14(15-13-4-2-1-3-5-13)12-8-6-11(7-9-12)10-19-20(17)18;1-3-4-2/h1-9H,10H2,(H-,15,16,17,18);3-4H2,1-2H3/p+1. The highest BCUT2D eigenvalue weighted by molar-refractivity contribution is 7.32. The molecule has 0 aromatic heterocycles. The van der Waals surface area contributed by atoms with E-state index in [1.807, 2.05) is 18.2 Å². The second-order valence-corrected chi connectivity index (χ2v) is 5.76. The average Bonchev–Trinajstić information content (AvgIpc) is 2.61. The van der Waals surface area contributed by atoms with Crippen LogP contribution in [-0.2, 0) is 15.7 Å². The lowest BCUT2D eigenvalue weighted by molar-refractivity contribution is 0.102. The zero-order chi connectivity index (χ0) is 17.8. The lowest BCUT2D eigenvalue weighted by Crippen LogP contribution is -2.11. The van der Waals surface area contributed by atoms with E-state index in [0.29, 0.717) is 5.56 Å². The minimum atomic E-state index is -2.61. The average molecular weight is 348 g/mol. The predicted octanol–water partition coefficient (Wildman–Crippen LogP) is 4.91. The third kappa shape index (κ3) is 7.97. The van der Waals surface area contributed by atoms with Gasteiger partial charge in [-0.1, -0.05) is 57.0 Å².